The summed E-state index contributed by atoms with van der Waals surface area (Å²) in [7, 11) is 0. The predicted molar refractivity (Wildman–Crippen MR) is 78.1 cm³/mol. The second-order valence-corrected chi connectivity index (χ2v) is 5.82. The Morgan fingerprint density at radius 2 is 2.26 bits per heavy atom. The highest BCUT2D eigenvalue weighted by Crippen LogP contribution is 2.29. The minimum absolute atomic E-state index is 0.522. The zero-order chi connectivity index (χ0) is 13.2. The standard InChI is InChI=1S/C15H24N4/c1-12-10-18-8-3-2-5-13(18)11-19(12)15-6-4-7-17-14(15)9-16/h4,6-7,12-13H,2-3,5,8-11,16H2,1H3. The molecule has 2 unspecified atom stereocenters. The molecule has 0 aromatic carbocycles. The number of piperazine rings is 1. The van der Waals surface area contributed by atoms with E-state index >= 15 is 0 Å². The van der Waals surface area contributed by atoms with Gasteiger partial charge >= 0.3 is 0 Å². The molecule has 0 spiro atoms. The molecule has 104 valence electrons. The van der Waals surface area contributed by atoms with Crippen LogP contribution in [-0.4, -0.2) is 41.6 Å². The van der Waals surface area contributed by atoms with Gasteiger partial charge in [0.05, 0.1) is 11.4 Å². The molecule has 3 heterocycles. The van der Waals surface area contributed by atoms with E-state index < -0.39 is 0 Å². The summed E-state index contributed by atoms with van der Waals surface area (Å²) >= 11 is 0. The summed E-state index contributed by atoms with van der Waals surface area (Å²) in [5.74, 6) is 0. The first-order valence-corrected chi connectivity index (χ1v) is 7.44. The van der Waals surface area contributed by atoms with Crippen LogP contribution in [0.25, 0.3) is 0 Å². The maximum absolute atomic E-state index is 5.83. The van der Waals surface area contributed by atoms with Crippen LogP contribution >= 0.6 is 0 Å². The fourth-order valence-electron chi connectivity index (χ4n) is 3.54. The molecule has 1 aromatic rings. The summed E-state index contributed by atoms with van der Waals surface area (Å²) in [6.07, 6.45) is 5.92. The van der Waals surface area contributed by atoms with Gasteiger partial charge in [0.1, 0.15) is 0 Å². The minimum atomic E-state index is 0.522. The van der Waals surface area contributed by atoms with E-state index in [4.69, 9.17) is 5.73 Å². The van der Waals surface area contributed by atoms with Crippen LogP contribution < -0.4 is 10.6 Å². The topological polar surface area (TPSA) is 45.4 Å². The number of pyridine rings is 1. The van der Waals surface area contributed by atoms with Crippen LogP contribution in [0.2, 0.25) is 0 Å². The van der Waals surface area contributed by atoms with Crippen molar-refractivity contribution in [2.45, 2.75) is 44.8 Å². The lowest BCUT2D eigenvalue weighted by Gasteiger charge is -2.48. The maximum atomic E-state index is 5.83. The van der Waals surface area contributed by atoms with Crippen molar-refractivity contribution in [2.75, 3.05) is 24.5 Å². The largest absolute Gasteiger partial charge is 0.364 e. The van der Waals surface area contributed by atoms with Gasteiger partial charge in [0.25, 0.3) is 0 Å². The number of aromatic nitrogens is 1. The van der Waals surface area contributed by atoms with E-state index in [0.717, 1.165) is 18.3 Å². The van der Waals surface area contributed by atoms with Crippen molar-refractivity contribution < 1.29 is 0 Å². The van der Waals surface area contributed by atoms with Crippen molar-refractivity contribution in [3.05, 3.63) is 24.0 Å². The highest BCUT2D eigenvalue weighted by molar-refractivity contribution is 5.52. The zero-order valence-corrected chi connectivity index (χ0v) is 11.8. The van der Waals surface area contributed by atoms with E-state index in [2.05, 4.69) is 27.8 Å². The number of rotatable bonds is 2. The quantitative estimate of drug-likeness (QED) is 0.877. The highest BCUT2D eigenvalue weighted by Gasteiger charge is 2.33. The molecular formula is C15H24N4. The molecule has 0 aliphatic carbocycles. The predicted octanol–water partition coefficient (Wildman–Crippen LogP) is 1.60. The second-order valence-electron chi connectivity index (χ2n) is 5.82. The van der Waals surface area contributed by atoms with E-state index in [-0.39, 0.29) is 0 Å². The molecule has 3 rings (SSSR count). The van der Waals surface area contributed by atoms with Crippen LogP contribution in [0.1, 0.15) is 31.9 Å². The molecule has 19 heavy (non-hydrogen) atoms. The van der Waals surface area contributed by atoms with Gasteiger partial charge in [-0.3, -0.25) is 9.88 Å². The average Bonchev–Trinajstić information content (AvgIpc) is 2.46. The molecular weight excluding hydrogens is 236 g/mol. The van der Waals surface area contributed by atoms with Crippen LogP contribution in [0.5, 0.6) is 0 Å². The fourth-order valence-corrected chi connectivity index (χ4v) is 3.54. The summed E-state index contributed by atoms with van der Waals surface area (Å²) in [6.45, 7) is 6.41. The van der Waals surface area contributed by atoms with E-state index in [1.54, 1.807) is 0 Å². The SMILES string of the molecule is CC1CN2CCCCC2CN1c1cccnc1CN. The highest BCUT2D eigenvalue weighted by atomic mass is 15.3. The lowest BCUT2D eigenvalue weighted by molar-refractivity contribution is 0.115. The monoisotopic (exact) mass is 260 g/mol. The Hall–Kier alpha value is -1.13. The number of anilines is 1. The van der Waals surface area contributed by atoms with Gasteiger partial charge < -0.3 is 10.6 Å². The van der Waals surface area contributed by atoms with Crippen LogP contribution in [0.3, 0.4) is 0 Å². The Morgan fingerprint density at radius 3 is 3.11 bits per heavy atom. The lowest BCUT2D eigenvalue weighted by atomic mass is 9.96. The molecule has 4 heteroatoms. The van der Waals surface area contributed by atoms with Gasteiger partial charge in [0.2, 0.25) is 0 Å². The Bertz CT molecular complexity index is 434. The zero-order valence-electron chi connectivity index (χ0n) is 11.8. The van der Waals surface area contributed by atoms with Crippen molar-refractivity contribution in [2.24, 2.45) is 5.73 Å². The molecule has 0 amide bonds. The Balaban J connectivity index is 1.83. The van der Waals surface area contributed by atoms with Crippen molar-refractivity contribution in [3.8, 4) is 0 Å². The van der Waals surface area contributed by atoms with E-state index in [0.29, 0.717) is 12.6 Å². The maximum Gasteiger partial charge on any atom is 0.0772 e. The normalized spacial score (nSPS) is 28.2. The molecule has 1 aromatic heterocycles. The molecule has 2 aliphatic heterocycles. The average molecular weight is 260 g/mol. The number of nitrogens with two attached hydrogens (primary N) is 1. The van der Waals surface area contributed by atoms with E-state index in [1.807, 2.05) is 12.3 Å². The molecule has 0 bridgehead atoms. The number of hydrogen-bond donors (Lipinski definition) is 1. The fraction of sp³-hybridized carbons (Fsp3) is 0.667. The molecule has 2 aliphatic rings. The van der Waals surface area contributed by atoms with Gasteiger partial charge in [-0.15, -0.1) is 0 Å². The Morgan fingerprint density at radius 1 is 1.37 bits per heavy atom. The van der Waals surface area contributed by atoms with Gasteiger partial charge in [-0.05, 0) is 38.4 Å². The van der Waals surface area contributed by atoms with Gasteiger partial charge in [-0.2, -0.15) is 0 Å². The molecule has 4 nitrogen and oxygen atoms in total. The van der Waals surface area contributed by atoms with Crippen LogP contribution in [-0.2, 0) is 6.54 Å². The first kappa shape index (κ1) is 12.9. The number of nitrogens with zero attached hydrogens (tertiary/aromatic N) is 3. The van der Waals surface area contributed by atoms with E-state index in [9.17, 15) is 0 Å². The van der Waals surface area contributed by atoms with Crippen LogP contribution in [0, 0.1) is 0 Å². The lowest BCUT2D eigenvalue weighted by Crippen LogP contribution is -2.59. The molecule has 0 radical (unpaired) electrons. The summed E-state index contributed by atoms with van der Waals surface area (Å²) in [6, 6.07) is 5.46. The Kier molecular flexibility index (Phi) is 3.71. The third-order valence-electron chi connectivity index (χ3n) is 4.56. The van der Waals surface area contributed by atoms with Crippen LogP contribution in [0.4, 0.5) is 5.69 Å². The minimum Gasteiger partial charge on any atom is -0.364 e. The number of fused-ring (bicyclic) bond motifs is 1. The molecule has 2 N–H and O–H groups in total. The molecule has 2 saturated heterocycles. The third-order valence-corrected chi connectivity index (χ3v) is 4.56. The van der Waals surface area contributed by atoms with Gasteiger partial charge in [0.15, 0.2) is 0 Å². The van der Waals surface area contributed by atoms with Crippen molar-refractivity contribution >= 4 is 5.69 Å². The molecule has 0 saturated carbocycles. The summed E-state index contributed by atoms with van der Waals surface area (Å²) in [4.78, 5) is 9.62. The smallest absolute Gasteiger partial charge is 0.0772 e. The van der Waals surface area contributed by atoms with Crippen LogP contribution in [0.15, 0.2) is 18.3 Å². The van der Waals surface area contributed by atoms with Gasteiger partial charge in [-0.25, -0.2) is 0 Å². The Labute approximate surface area is 115 Å². The number of piperidine rings is 1. The third kappa shape index (κ3) is 2.47. The summed E-state index contributed by atoms with van der Waals surface area (Å²) in [5.41, 5.74) is 8.10. The van der Waals surface area contributed by atoms with E-state index in [1.165, 1.54) is 38.0 Å². The van der Waals surface area contributed by atoms with Crippen molar-refractivity contribution in [3.63, 3.8) is 0 Å². The first-order valence-electron chi connectivity index (χ1n) is 7.44. The second kappa shape index (κ2) is 5.47. The summed E-state index contributed by atoms with van der Waals surface area (Å²) < 4.78 is 0. The molecule has 2 atom stereocenters. The summed E-state index contributed by atoms with van der Waals surface area (Å²) in [5, 5.41) is 0. The van der Waals surface area contributed by atoms with Gasteiger partial charge in [-0.1, -0.05) is 6.42 Å². The van der Waals surface area contributed by atoms with Crippen molar-refractivity contribution in [1.82, 2.24) is 9.88 Å². The molecule has 2 fully saturated rings. The van der Waals surface area contributed by atoms with Crippen molar-refractivity contribution in [1.29, 1.82) is 0 Å². The van der Waals surface area contributed by atoms with Gasteiger partial charge in [0, 0.05) is 37.9 Å². The number of hydrogen-bond acceptors (Lipinski definition) is 4. The first-order chi connectivity index (χ1) is 9.29.